The van der Waals surface area contributed by atoms with Gasteiger partial charge in [0.2, 0.25) is 24.1 Å². The van der Waals surface area contributed by atoms with Crippen LogP contribution in [0.1, 0.15) is 36.4 Å². The van der Waals surface area contributed by atoms with Crippen LogP contribution < -0.4 is 0 Å². The lowest BCUT2D eigenvalue weighted by atomic mass is 9.97. The van der Waals surface area contributed by atoms with Gasteiger partial charge >= 0.3 is 0 Å². The first-order valence-electron chi connectivity index (χ1n) is 6.49. The van der Waals surface area contributed by atoms with Gasteiger partial charge in [-0.3, -0.25) is 0 Å². The molecule has 0 amide bonds. The van der Waals surface area contributed by atoms with E-state index >= 15 is 0 Å². The number of hydrogen-bond donors (Lipinski definition) is 2. The first-order valence-corrected chi connectivity index (χ1v) is 7.39. The minimum atomic E-state index is 0.0213. The molecule has 11 heteroatoms. The van der Waals surface area contributed by atoms with Crippen molar-refractivity contribution >= 4 is 25.3 Å². The van der Waals surface area contributed by atoms with Crippen molar-refractivity contribution in [1.82, 2.24) is 30.6 Å². The summed E-state index contributed by atoms with van der Waals surface area (Å²) in [6, 6.07) is 0. The number of aryl methyl sites for hydroxylation is 2. The van der Waals surface area contributed by atoms with Crippen molar-refractivity contribution in [2.75, 3.05) is 0 Å². The van der Waals surface area contributed by atoms with E-state index in [1.807, 2.05) is 0 Å². The first-order chi connectivity index (χ1) is 10.7. The molecule has 3 heterocycles. The van der Waals surface area contributed by atoms with E-state index in [2.05, 4.69) is 55.8 Å². The van der Waals surface area contributed by atoms with Gasteiger partial charge < -0.3 is 13.3 Å². The zero-order valence-electron chi connectivity index (χ0n) is 11.3. The largest absolute Gasteiger partial charge is 0.428 e. The third-order valence-corrected chi connectivity index (χ3v) is 3.41. The Morgan fingerprint density at radius 2 is 1.45 bits per heavy atom. The molecule has 0 aromatic carbocycles. The molecule has 3 rings (SSSR count). The second kappa shape index (κ2) is 6.92. The fourth-order valence-electron chi connectivity index (χ4n) is 2.04. The van der Waals surface area contributed by atoms with Crippen molar-refractivity contribution < 1.29 is 13.3 Å². The first kappa shape index (κ1) is 15.0. The van der Waals surface area contributed by atoms with Crippen molar-refractivity contribution in [1.29, 1.82) is 0 Å². The van der Waals surface area contributed by atoms with Crippen LogP contribution in [-0.4, -0.2) is 30.6 Å². The molecule has 0 bridgehead atoms. The Labute approximate surface area is 135 Å². The van der Waals surface area contributed by atoms with E-state index in [0.717, 1.165) is 0 Å². The molecule has 3 aromatic rings. The molecule has 0 unspecified atom stereocenters. The maximum atomic E-state index is 5.30. The molecule has 9 nitrogen and oxygen atoms in total. The number of aromatic nitrogens is 6. The standard InChI is InChI=1S/C11H12N6O3S2/c21-10-16-13-7(19-10)3-1-6(9-15-12-5-18-9)2-4-8-14-17-11(22)20-8/h5-6H,1-4H2,(H,16,21)(H,17,22). The van der Waals surface area contributed by atoms with Gasteiger partial charge in [0.15, 0.2) is 0 Å². The van der Waals surface area contributed by atoms with E-state index in [0.29, 0.717) is 43.4 Å². The number of rotatable bonds is 7. The van der Waals surface area contributed by atoms with Gasteiger partial charge in [-0.15, -0.1) is 30.6 Å². The Balaban J connectivity index is 1.62. The smallest absolute Gasteiger partial charge is 0.273 e. The summed E-state index contributed by atoms with van der Waals surface area (Å²) in [4.78, 5) is 0. The van der Waals surface area contributed by atoms with Crippen molar-refractivity contribution in [3.63, 3.8) is 0 Å². The van der Waals surface area contributed by atoms with Gasteiger partial charge in [-0.05, 0) is 12.8 Å². The van der Waals surface area contributed by atoms with Crippen molar-refractivity contribution in [3.8, 4) is 0 Å². The molecule has 22 heavy (non-hydrogen) atoms. The van der Waals surface area contributed by atoms with E-state index in [9.17, 15) is 0 Å². The van der Waals surface area contributed by atoms with E-state index in [-0.39, 0.29) is 16.4 Å². The maximum absolute atomic E-state index is 5.30. The number of thiol groups is 2. The zero-order chi connectivity index (χ0) is 15.4. The second-order valence-corrected chi connectivity index (χ2v) is 5.27. The number of nitrogens with zero attached hydrogens (tertiary/aromatic N) is 6. The average molecular weight is 340 g/mol. The van der Waals surface area contributed by atoms with Crippen molar-refractivity contribution in [2.24, 2.45) is 0 Å². The van der Waals surface area contributed by atoms with E-state index in [1.165, 1.54) is 6.39 Å². The monoisotopic (exact) mass is 340 g/mol. The third kappa shape index (κ3) is 3.85. The fourth-order valence-corrected chi connectivity index (χ4v) is 2.34. The van der Waals surface area contributed by atoms with Crippen LogP contribution in [0.5, 0.6) is 0 Å². The lowest BCUT2D eigenvalue weighted by Gasteiger charge is -2.10. The van der Waals surface area contributed by atoms with Gasteiger partial charge in [-0.2, -0.15) is 0 Å². The molecule has 0 aliphatic rings. The van der Waals surface area contributed by atoms with Crippen molar-refractivity contribution in [3.05, 3.63) is 24.1 Å². The molecule has 0 aliphatic heterocycles. The molecule has 0 atom stereocenters. The van der Waals surface area contributed by atoms with Crippen LogP contribution in [0.15, 0.2) is 30.1 Å². The Bertz CT molecular complexity index is 669. The van der Waals surface area contributed by atoms with Crippen LogP contribution >= 0.6 is 25.3 Å². The van der Waals surface area contributed by atoms with Crippen LogP contribution in [0.3, 0.4) is 0 Å². The highest BCUT2D eigenvalue weighted by Crippen LogP contribution is 2.25. The highest BCUT2D eigenvalue weighted by atomic mass is 32.1. The lowest BCUT2D eigenvalue weighted by Crippen LogP contribution is -2.04. The van der Waals surface area contributed by atoms with E-state index in [4.69, 9.17) is 13.3 Å². The summed E-state index contributed by atoms with van der Waals surface area (Å²) in [6.45, 7) is 0. The molecule has 0 saturated heterocycles. The third-order valence-electron chi connectivity index (χ3n) is 3.05. The van der Waals surface area contributed by atoms with Gasteiger partial charge in [0.1, 0.15) is 0 Å². The molecular formula is C11H12N6O3S2. The molecule has 116 valence electrons. The second-order valence-electron chi connectivity index (χ2n) is 4.51. The lowest BCUT2D eigenvalue weighted by molar-refractivity contribution is 0.364. The SMILES string of the molecule is Sc1nnc(CCC(CCc2nnc(S)o2)c2nnco2)o1. The molecular weight excluding hydrogens is 328 g/mol. The Kier molecular flexibility index (Phi) is 4.73. The van der Waals surface area contributed by atoms with Crippen LogP contribution in [0.2, 0.25) is 0 Å². The summed E-state index contributed by atoms with van der Waals surface area (Å²) in [7, 11) is 0. The molecule has 0 spiro atoms. The van der Waals surface area contributed by atoms with Crippen LogP contribution in [0.25, 0.3) is 0 Å². The van der Waals surface area contributed by atoms with Crippen LogP contribution in [-0.2, 0) is 12.8 Å². The summed E-state index contributed by atoms with van der Waals surface area (Å²) in [5, 5.41) is 23.4. The maximum Gasteiger partial charge on any atom is 0.273 e. The minimum Gasteiger partial charge on any atom is -0.428 e. The topological polar surface area (TPSA) is 117 Å². The molecule has 0 N–H and O–H groups in total. The highest BCUT2D eigenvalue weighted by molar-refractivity contribution is 7.80. The van der Waals surface area contributed by atoms with Gasteiger partial charge in [0.05, 0.1) is 0 Å². The molecule has 3 aromatic heterocycles. The van der Waals surface area contributed by atoms with Gasteiger partial charge in [0, 0.05) is 18.8 Å². The Morgan fingerprint density at radius 3 is 1.86 bits per heavy atom. The van der Waals surface area contributed by atoms with Crippen molar-refractivity contribution in [2.45, 2.75) is 42.0 Å². The Morgan fingerprint density at radius 1 is 0.864 bits per heavy atom. The molecule has 0 aliphatic carbocycles. The summed E-state index contributed by atoms with van der Waals surface area (Å²) < 4.78 is 15.8. The predicted molar refractivity (Wildman–Crippen MR) is 76.8 cm³/mol. The Hall–Kier alpha value is -1.88. The summed E-state index contributed by atoms with van der Waals surface area (Å²) >= 11 is 7.97. The molecule has 0 fully saturated rings. The van der Waals surface area contributed by atoms with Crippen LogP contribution in [0, 0.1) is 0 Å². The molecule has 0 saturated carbocycles. The van der Waals surface area contributed by atoms with E-state index < -0.39 is 0 Å². The van der Waals surface area contributed by atoms with E-state index in [1.54, 1.807) is 0 Å². The minimum absolute atomic E-state index is 0.0213. The highest BCUT2D eigenvalue weighted by Gasteiger charge is 2.20. The normalized spacial score (nSPS) is 11.4. The van der Waals surface area contributed by atoms with Gasteiger partial charge in [-0.1, -0.05) is 25.3 Å². The summed E-state index contributed by atoms with van der Waals surface area (Å²) in [5.74, 6) is 1.61. The van der Waals surface area contributed by atoms with Gasteiger partial charge in [0.25, 0.3) is 10.4 Å². The van der Waals surface area contributed by atoms with Gasteiger partial charge in [-0.25, -0.2) is 0 Å². The fraction of sp³-hybridized carbons (Fsp3) is 0.455. The number of hydrogen-bond acceptors (Lipinski definition) is 11. The zero-order valence-corrected chi connectivity index (χ0v) is 13.1. The molecule has 0 radical (unpaired) electrons. The summed E-state index contributed by atoms with van der Waals surface area (Å²) in [5.41, 5.74) is 0. The average Bonchev–Trinajstić information content (AvgIpc) is 3.22. The predicted octanol–water partition coefficient (Wildman–Crippen LogP) is 1.76. The summed E-state index contributed by atoms with van der Waals surface area (Å²) in [6.07, 6.45) is 3.89. The van der Waals surface area contributed by atoms with Crippen LogP contribution in [0.4, 0.5) is 0 Å². The quantitative estimate of drug-likeness (QED) is 0.620.